The first kappa shape index (κ1) is 17.5. The largest absolute Gasteiger partial charge is 0.490 e. The summed E-state index contributed by atoms with van der Waals surface area (Å²) in [5, 5.41) is 5.38. The lowest BCUT2D eigenvalue weighted by Crippen LogP contribution is -2.40. The van der Waals surface area contributed by atoms with Crippen molar-refractivity contribution in [1.82, 2.24) is 5.01 Å². The number of amides is 2. The van der Waals surface area contributed by atoms with Crippen LogP contribution in [0.25, 0.3) is 0 Å². The Morgan fingerprint density at radius 1 is 1.00 bits per heavy atom. The molecule has 0 N–H and O–H groups in total. The summed E-state index contributed by atoms with van der Waals surface area (Å²) >= 11 is 0. The second-order valence-corrected chi connectivity index (χ2v) is 7.96. The highest BCUT2D eigenvalue weighted by molar-refractivity contribution is 6.06. The molecular weight excluding hydrogens is 356 g/mol. The molecule has 4 aliphatic carbocycles. The molecule has 0 unspecified atom stereocenters. The van der Waals surface area contributed by atoms with Gasteiger partial charge in [0.15, 0.2) is 11.5 Å². The standard InChI is InChI=1S/C22H24N2O4/c1-3-27-17-8-5-12(9-18(17)28-4-2)11-23-24-21(25)19-13-6-7-14(16-10-15(13)16)20(19)22(24)26/h5-9,11,13-16,19-20H,3-4,10H2,1-2H3/b23-11-/t13-,14-,15-,16+,19-,20-/m1/s1. The van der Waals surface area contributed by atoms with Crippen molar-refractivity contribution in [2.45, 2.75) is 20.3 Å². The molecule has 6 atom stereocenters. The summed E-state index contributed by atoms with van der Waals surface area (Å²) < 4.78 is 11.2. The Bertz CT molecular complexity index is 857. The van der Waals surface area contributed by atoms with Gasteiger partial charge >= 0.3 is 0 Å². The van der Waals surface area contributed by atoms with Gasteiger partial charge in [-0.15, -0.1) is 0 Å². The number of hydrogen-bond donors (Lipinski definition) is 0. The number of allylic oxidation sites excluding steroid dienone is 2. The second-order valence-electron chi connectivity index (χ2n) is 7.96. The lowest BCUT2D eigenvalue weighted by molar-refractivity contribution is -0.140. The Balaban J connectivity index is 1.38. The first-order valence-corrected chi connectivity index (χ1v) is 10.1. The molecule has 3 fully saturated rings. The minimum Gasteiger partial charge on any atom is -0.490 e. The van der Waals surface area contributed by atoms with Gasteiger partial charge in [-0.05, 0) is 67.7 Å². The van der Waals surface area contributed by atoms with E-state index in [0.717, 1.165) is 17.0 Å². The lowest BCUT2D eigenvalue weighted by atomic mass is 9.63. The molecular formula is C22H24N2O4. The van der Waals surface area contributed by atoms with E-state index < -0.39 is 0 Å². The fraction of sp³-hybridized carbons (Fsp3) is 0.500. The molecule has 6 heteroatoms. The van der Waals surface area contributed by atoms with Crippen molar-refractivity contribution < 1.29 is 19.1 Å². The molecule has 2 saturated carbocycles. The van der Waals surface area contributed by atoms with Gasteiger partial charge in [-0.1, -0.05) is 12.2 Å². The fourth-order valence-electron chi connectivity index (χ4n) is 5.33. The smallest absolute Gasteiger partial charge is 0.254 e. The number of nitrogens with zero attached hydrogens (tertiary/aromatic N) is 2. The van der Waals surface area contributed by atoms with Gasteiger partial charge in [-0.2, -0.15) is 10.1 Å². The minimum atomic E-state index is -0.220. The number of carbonyl (C=O) groups excluding carboxylic acids is 2. The van der Waals surface area contributed by atoms with E-state index in [9.17, 15) is 9.59 Å². The third-order valence-corrected chi connectivity index (χ3v) is 6.53. The molecule has 1 aliphatic heterocycles. The molecule has 5 aliphatic rings. The van der Waals surface area contributed by atoms with Crippen LogP contribution in [0.4, 0.5) is 0 Å². The molecule has 6 rings (SSSR count). The average molecular weight is 380 g/mol. The van der Waals surface area contributed by atoms with Crippen LogP contribution in [-0.4, -0.2) is 36.3 Å². The highest BCUT2D eigenvalue weighted by Crippen LogP contribution is 2.65. The number of ether oxygens (including phenoxy) is 2. The first-order valence-electron chi connectivity index (χ1n) is 10.1. The zero-order chi connectivity index (χ0) is 19.4. The van der Waals surface area contributed by atoms with Gasteiger partial charge in [0, 0.05) is 0 Å². The monoisotopic (exact) mass is 380 g/mol. The predicted octanol–water partition coefficient (Wildman–Crippen LogP) is 2.87. The van der Waals surface area contributed by atoms with Crippen LogP contribution in [0.15, 0.2) is 35.5 Å². The van der Waals surface area contributed by atoms with E-state index in [2.05, 4.69) is 17.3 Å². The van der Waals surface area contributed by atoms with Gasteiger partial charge in [0.2, 0.25) is 0 Å². The number of benzene rings is 1. The molecule has 1 aromatic rings. The predicted molar refractivity (Wildman–Crippen MR) is 103 cm³/mol. The van der Waals surface area contributed by atoms with E-state index in [-0.39, 0.29) is 35.5 Å². The molecule has 2 bridgehead atoms. The molecule has 0 radical (unpaired) electrons. The first-order chi connectivity index (χ1) is 13.6. The van der Waals surface area contributed by atoms with Gasteiger partial charge in [0.25, 0.3) is 11.8 Å². The van der Waals surface area contributed by atoms with Gasteiger partial charge in [0.1, 0.15) is 0 Å². The van der Waals surface area contributed by atoms with E-state index in [4.69, 9.17) is 9.47 Å². The zero-order valence-electron chi connectivity index (χ0n) is 16.1. The van der Waals surface area contributed by atoms with E-state index >= 15 is 0 Å². The summed E-state index contributed by atoms with van der Waals surface area (Å²) in [5.41, 5.74) is 0.756. The molecule has 28 heavy (non-hydrogen) atoms. The van der Waals surface area contributed by atoms with Crippen molar-refractivity contribution in [2.75, 3.05) is 13.2 Å². The van der Waals surface area contributed by atoms with Crippen LogP contribution in [0.1, 0.15) is 25.8 Å². The van der Waals surface area contributed by atoms with Crippen molar-refractivity contribution in [3.8, 4) is 11.5 Å². The number of rotatable bonds is 6. The molecule has 1 aromatic carbocycles. The third-order valence-electron chi connectivity index (χ3n) is 6.53. The van der Waals surface area contributed by atoms with Gasteiger partial charge in [-0.3, -0.25) is 9.59 Å². The SMILES string of the molecule is CCOc1ccc(/C=N\N2C(=O)[C@@H]3[C@@H]4C=C[C@H]([C@@H]5C[C@H]45)[C@H]3C2=O)cc1OCC. The third kappa shape index (κ3) is 2.50. The molecule has 2 amide bonds. The highest BCUT2D eigenvalue weighted by Gasteiger charge is 2.67. The molecule has 146 valence electrons. The minimum absolute atomic E-state index is 0.146. The normalized spacial score (nSPS) is 34.7. The summed E-state index contributed by atoms with van der Waals surface area (Å²) in [6.45, 7) is 4.89. The zero-order valence-corrected chi connectivity index (χ0v) is 16.1. The van der Waals surface area contributed by atoms with Crippen LogP contribution >= 0.6 is 0 Å². The molecule has 6 nitrogen and oxygen atoms in total. The van der Waals surface area contributed by atoms with Crippen molar-refractivity contribution in [3.63, 3.8) is 0 Å². The van der Waals surface area contributed by atoms with Crippen LogP contribution in [0.5, 0.6) is 11.5 Å². The molecule has 1 heterocycles. The van der Waals surface area contributed by atoms with E-state index in [1.54, 1.807) is 6.21 Å². The second kappa shape index (κ2) is 6.47. The van der Waals surface area contributed by atoms with Crippen molar-refractivity contribution in [3.05, 3.63) is 35.9 Å². The Labute approximate surface area is 164 Å². The maximum absolute atomic E-state index is 12.9. The van der Waals surface area contributed by atoms with Gasteiger partial charge in [-0.25, -0.2) is 0 Å². The van der Waals surface area contributed by atoms with E-state index in [0.29, 0.717) is 36.5 Å². The lowest BCUT2D eigenvalue weighted by Gasteiger charge is -2.37. The van der Waals surface area contributed by atoms with Crippen LogP contribution in [-0.2, 0) is 9.59 Å². The average Bonchev–Trinajstić information content (AvgIpc) is 3.48. The Morgan fingerprint density at radius 2 is 1.61 bits per heavy atom. The van der Waals surface area contributed by atoms with Crippen molar-refractivity contribution >= 4 is 18.0 Å². The summed E-state index contributed by atoms with van der Waals surface area (Å²) in [7, 11) is 0. The molecule has 0 spiro atoms. The van der Waals surface area contributed by atoms with Crippen molar-refractivity contribution in [2.24, 2.45) is 40.6 Å². The Hall–Kier alpha value is -2.63. The maximum atomic E-state index is 12.9. The summed E-state index contributed by atoms with van der Waals surface area (Å²) in [6, 6.07) is 5.48. The van der Waals surface area contributed by atoms with Crippen LogP contribution in [0, 0.1) is 35.5 Å². The topological polar surface area (TPSA) is 68.2 Å². The summed E-state index contributed by atoms with van der Waals surface area (Å²) in [5.74, 6) is 2.18. The Morgan fingerprint density at radius 3 is 2.21 bits per heavy atom. The van der Waals surface area contributed by atoms with Crippen LogP contribution in [0.3, 0.4) is 0 Å². The summed E-state index contributed by atoms with van der Waals surface area (Å²) in [6.07, 6.45) is 7.05. The van der Waals surface area contributed by atoms with Gasteiger partial charge < -0.3 is 9.47 Å². The Kier molecular flexibility index (Phi) is 4.03. The molecule has 0 aromatic heterocycles. The number of hydrazone groups is 1. The number of imide groups is 1. The fourth-order valence-corrected chi connectivity index (χ4v) is 5.33. The van der Waals surface area contributed by atoms with Crippen LogP contribution < -0.4 is 9.47 Å². The van der Waals surface area contributed by atoms with Gasteiger partial charge in [0.05, 0.1) is 31.3 Å². The van der Waals surface area contributed by atoms with E-state index in [1.807, 2.05) is 32.0 Å². The quantitative estimate of drug-likeness (QED) is 0.432. The maximum Gasteiger partial charge on any atom is 0.254 e. The van der Waals surface area contributed by atoms with E-state index in [1.165, 1.54) is 0 Å². The number of hydrogen-bond acceptors (Lipinski definition) is 5. The van der Waals surface area contributed by atoms with Crippen LogP contribution in [0.2, 0.25) is 0 Å². The highest BCUT2D eigenvalue weighted by atomic mass is 16.5. The molecule has 1 saturated heterocycles. The number of carbonyl (C=O) groups is 2. The van der Waals surface area contributed by atoms with Crippen molar-refractivity contribution in [1.29, 1.82) is 0 Å². The summed E-state index contributed by atoms with van der Waals surface area (Å²) in [4.78, 5) is 25.9.